The Morgan fingerprint density at radius 2 is 1.75 bits per heavy atom. The van der Waals surface area contributed by atoms with E-state index < -0.39 is 11.9 Å². The van der Waals surface area contributed by atoms with Crippen LogP contribution in [0.4, 0.5) is 0 Å². The first-order valence-electron chi connectivity index (χ1n) is 8.97. The van der Waals surface area contributed by atoms with E-state index in [1.165, 1.54) is 0 Å². The van der Waals surface area contributed by atoms with Crippen LogP contribution in [0.1, 0.15) is 79.7 Å². The van der Waals surface area contributed by atoms with Crippen LogP contribution in [-0.4, -0.2) is 25.2 Å². The molecule has 0 saturated heterocycles. The fourth-order valence-electron chi connectivity index (χ4n) is 2.60. The van der Waals surface area contributed by atoms with Gasteiger partial charge in [0.1, 0.15) is 0 Å². The molecule has 24 heavy (non-hydrogen) atoms. The van der Waals surface area contributed by atoms with E-state index in [1.54, 1.807) is 19.1 Å². The summed E-state index contributed by atoms with van der Waals surface area (Å²) in [5.41, 5.74) is 1.50. The first-order chi connectivity index (χ1) is 11.5. The smallest absolute Gasteiger partial charge is 0.339 e. The predicted molar refractivity (Wildman–Crippen MR) is 95.4 cm³/mol. The summed E-state index contributed by atoms with van der Waals surface area (Å²) in [6.07, 6.45) is 4.88. The standard InChI is InChI=1S/C20H30O4/c1-5-7-8-9-13-24-19(21)17-12-10-11-16(14-15(3)4)18(17)20(22)23-6-2/h10-12,15H,5-9,13-14H2,1-4H3. The Bertz CT molecular complexity index is 534. The Labute approximate surface area is 145 Å². The zero-order chi connectivity index (χ0) is 17.9. The Kier molecular flexibility index (Phi) is 9.13. The quantitative estimate of drug-likeness (QED) is 0.455. The van der Waals surface area contributed by atoms with Crippen molar-refractivity contribution in [3.8, 4) is 0 Å². The molecule has 0 saturated carbocycles. The van der Waals surface area contributed by atoms with Crippen molar-refractivity contribution in [1.82, 2.24) is 0 Å². The minimum atomic E-state index is -0.452. The van der Waals surface area contributed by atoms with E-state index >= 15 is 0 Å². The van der Waals surface area contributed by atoms with Gasteiger partial charge in [-0.15, -0.1) is 0 Å². The summed E-state index contributed by atoms with van der Waals surface area (Å²) in [4.78, 5) is 24.8. The van der Waals surface area contributed by atoms with Crippen molar-refractivity contribution in [2.75, 3.05) is 13.2 Å². The highest BCUT2D eigenvalue weighted by atomic mass is 16.5. The van der Waals surface area contributed by atoms with E-state index in [0.717, 1.165) is 31.2 Å². The Morgan fingerprint density at radius 1 is 1.00 bits per heavy atom. The van der Waals surface area contributed by atoms with Crippen molar-refractivity contribution in [2.45, 2.75) is 59.8 Å². The predicted octanol–water partition coefficient (Wildman–Crippen LogP) is 4.80. The van der Waals surface area contributed by atoms with Gasteiger partial charge in [0, 0.05) is 0 Å². The van der Waals surface area contributed by atoms with Crippen LogP contribution in [0.3, 0.4) is 0 Å². The third-order valence-electron chi connectivity index (χ3n) is 3.71. The van der Waals surface area contributed by atoms with E-state index in [4.69, 9.17) is 9.47 Å². The molecular formula is C20H30O4. The normalized spacial score (nSPS) is 10.7. The molecule has 0 aliphatic carbocycles. The molecule has 0 unspecified atom stereocenters. The highest BCUT2D eigenvalue weighted by molar-refractivity contribution is 6.04. The van der Waals surface area contributed by atoms with Gasteiger partial charge >= 0.3 is 11.9 Å². The topological polar surface area (TPSA) is 52.6 Å². The van der Waals surface area contributed by atoms with Gasteiger partial charge in [-0.05, 0) is 37.3 Å². The highest BCUT2D eigenvalue weighted by Crippen LogP contribution is 2.21. The molecule has 0 fully saturated rings. The third-order valence-corrected chi connectivity index (χ3v) is 3.71. The van der Waals surface area contributed by atoms with Crippen molar-refractivity contribution in [3.05, 3.63) is 34.9 Å². The number of hydrogen-bond donors (Lipinski definition) is 0. The molecule has 0 amide bonds. The van der Waals surface area contributed by atoms with Gasteiger partial charge in [0.05, 0.1) is 24.3 Å². The number of benzene rings is 1. The second-order valence-corrected chi connectivity index (χ2v) is 6.35. The van der Waals surface area contributed by atoms with Crippen LogP contribution in [0, 0.1) is 5.92 Å². The average Bonchev–Trinajstić information content (AvgIpc) is 2.53. The molecule has 0 aliphatic heterocycles. The molecule has 0 aliphatic rings. The summed E-state index contributed by atoms with van der Waals surface area (Å²) in [6.45, 7) is 8.71. The van der Waals surface area contributed by atoms with Gasteiger partial charge in [-0.2, -0.15) is 0 Å². The fourth-order valence-corrected chi connectivity index (χ4v) is 2.60. The van der Waals surface area contributed by atoms with Gasteiger partial charge in [0.2, 0.25) is 0 Å². The SMILES string of the molecule is CCCCCCOC(=O)c1cccc(CC(C)C)c1C(=O)OCC. The van der Waals surface area contributed by atoms with E-state index in [0.29, 0.717) is 30.1 Å². The lowest BCUT2D eigenvalue weighted by Gasteiger charge is -2.15. The number of carbonyl (C=O) groups is 2. The fraction of sp³-hybridized carbons (Fsp3) is 0.600. The van der Waals surface area contributed by atoms with E-state index in [9.17, 15) is 9.59 Å². The summed E-state index contributed by atoms with van der Waals surface area (Å²) in [6, 6.07) is 5.32. The zero-order valence-corrected chi connectivity index (χ0v) is 15.4. The van der Waals surface area contributed by atoms with Crippen molar-refractivity contribution < 1.29 is 19.1 Å². The van der Waals surface area contributed by atoms with Gasteiger partial charge in [0.25, 0.3) is 0 Å². The summed E-state index contributed by atoms with van der Waals surface area (Å²) >= 11 is 0. The molecule has 0 radical (unpaired) electrons. The van der Waals surface area contributed by atoms with Crippen LogP contribution >= 0.6 is 0 Å². The number of carbonyl (C=O) groups excluding carboxylic acids is 2. The molecule has 134 valence electrons. The molecule has 0 bridgehead atoms. The minimum Gasteiger partial charge on any atom is -0.462 e. The van der Waals surface area contributed by atoms with E-state index in [2.05, 4.69) is 20.8 Å². The van der Waals surface area contributed by atoms with Crippen LogP contribution < -0.4 is 0 Å². The number of rotatable bonds is 10. The van der Waals surface area contributed by atoms with Gasteiger partial charge in [-0.25, -0.2) is 9.59 Å². The molecule has 0 N–H and O–H groups in total. The number of ether oxygens (including phenoxy) is 2. The Morgan fingerprint density at radius 3 is 2.38 bits per heavy atom. The number of esters is 2. The Balaban J connectivity index is 2.94. The number of hydrogen-bond acceptors (Lipinski definition) is 4. The summed E-state index contributed by atoms with van der Waals surface area (Å²) < 4.78 is 10.5. The largest absolute Gasteiger partial charge is 0.462 e. The minimum absolute atomic E-state index is 0.278. The van der Waals surface area contributed by atoms with Gasteiger partial charge in [0.15, 0.2) is 0 Å². The maximum absolute atomic E-state index is 12.4. The molecular weight excluding hydrogens is 304 g/mol. The van der Waals surface area contributed by atoms with Crippen molar-refractivity contribution in [2.24, 2.45) is 5.92 Å². The summed E-state index contributed by atoms with van der Waals surface area (Å²) in [5, 5.41) is 0. The Hall–Kier alpha value is -1.84. The molecule has 1 aromatic carbocycles. The summed E-state index contributed by atoms with van der Waals surface area (Å²) in [5.74, 6) is -0.523. The molecule has 0 spiro atoms. The highest BCUT2D eigenvalue weighted by Gasteiger charge is 2.23. The van der Waals surface area contributed by atoms with Gasteiger partial charge in [-0.1, -0.05) is 52.2 Å². The average molecular weight is 334 g/mol. The van der Waals surface area contributed by atoms with Crippen molar-refractivity contribution in [3.63, 3.8) is 0 Å². The summed E-state index contributed by atoms with van der Waals surface area (Å²) in [7, 11) is 0. The molecule has 1 rings (SSSR count). The van der Waals surface area contributed by atoms with Crippen molar-refractivity contribution >= 4 is 11.9 Å². The maximum Gasteiger partial charge on any atom is 0.339 e. The second kappa shape index (κ2) is 10.8. The number of unbranched alkanes of at least 4 members (excludes halogenated alkanes) is 3. The molecule has 0 aromatic heterocycles. The van der Waals surface area contributed by atoms with Crippen LogP contribution in [0.2, 0.25) is 0 Å². The monoisotopic (exact) mass is 334 g/mol. The van der Waals surface area contributed by atoms with Crippen molar-refractivity contribution in [1.29, 1.82) is 0 Å². The van der Waals surface area contributed by atoms with Crippen LogP contribution in [0.5, 0.6) is 0 Å². The van der Waals surface area contributed by atoms with Crippen LogP contribution in [0.15, 0.2) is 18.2 Å². The van der Waals surface area contributed by atoms with Gasteiger partial charge in [-0.3, -0.25) is 0 Å². The lowest BCUT2D eigenvalue weighted by Crippen LogP contribution is -2.17. The lowest BCUT2D eigenvalue weighted by molar-refractivity contribution is 0.0461. The van der Waals surface area contributed by atoms with Crippen LogP contribution in [0.25, 0.3) is 0 Å². The van der Waals surface area contributed by atoms with E-state index in [1.807, 2.05) is 6.07 Å². The molecule has 4 nitrogen and oxygen atoms in total. The van der Waals surface area contributed by atoms with Crippen LogP contribution in [-0.2, 0) is 15.9 Å². The first-order valence-corrected chi connectivity index (χ1v) is 8.97. The zero-order valence-electron chi connectivity index (χ0n) is 15.4. The maximum atomic E-state index is 12.4. The van der Waals surface area contributed by atoms with Gasteiger partial charge < -0.3 is 9.47 Å². The molecule has 0 heterocycles. The first kappa shape index (κ1) is 20.2. The third kappa shape index (κ3) is 6.34. The molecule has 4 heteroatoms. The molecule has 1 aromatic rings. The second-order valence-electron chi connectivity index (χ2n) is 6.35. The van der Waals surface area contributed by atoms with E-state index in [-0.39, 0.29) is 6.61 Å². The molecule has 0 atom stereocenters. The lowest BCUT2D eigenvalue weighted by atomic mass is 9.94.